The molecular formula is C34H46N4O2S2. The maximum Gasteiger partial charge on any atom is 0.174 e. The summed E-state index contributed by atoms with van der Waals surface area (Å²) < 4.78 is 11.7. The summed E-state index contributed by atoms with van der Waals surface area (Å²) in [6.45, 7) is 5.09. The molecule has 6 nitrogen and oxygen atoms in total. The van der Waals surface area contributed by atoms with Crippen molar-refractivity contribution in [3.8, 4) is 11.5 Å². The molecule has 0 spiro atoms. The van der Waals surface area contributed by atoms with E-state index in [0.29, 0.717) is 5.82 Å². The Labute approximate surface area is 260 Å². The van der Waals surface area contributed by atoms with Crippen molar-refractivity contribution >= 4 is 45.5 Å². The Morgan fingerprint density at radius 2 is 1.05 bits per heavy atom. The lowest BCUT2D eigenvalue weighted by Crippen LogP contribution is -1.97. The van der Waals surface area contributed by atoms with Crippen LogP contribution in [0.25, 0.3) is 0 Å². The topological polar surface area (TPSA) is 68.4 Å². The van der Waals surface area contributed by atoms with E-state index in [9.17, 15) is 0 Å². The lowest BCUT2D eigenvalue weighted by atomic mass is 10.1. The van der Waals surface area contributed by atoms with E-state index in [0.717, 1.165) is 48.9 Å². The highest BCUT2D eigenvalue weighted by Gasteiger charge is 1.99. The zero-order chi connectivity index (χ0) is 29.3. The first-order valence-corrected chi connectivity index (χ1v) is 17.8. The quantitative estimate of drug-likeness (QED) is 0.0439. The number of benzene rings is 2. The molecule has 2 aromatic carbocycles. The molecular weight excluding hydrogens is 561 g/mol. The van der Waals surface area contributed by atoms with Crippen LogP contribution in [0.2, 0.25) is 0 Å². The number of hydrogen-bond acceptors (Lipinski definition) is 8. The molecule has 42 heavy (non-hydrogen) atoms. The molecule has 0 fully saturated rings. The van der Waals surface area contributed by atoms with Gasteiger partial charge >= 0.3 is 0 Å². The SMILES string of the molecule is C=Nc1ccc(OCCCCCCCCSSCCCCCCCCOc2ccc(/N=N/c3ccccn3)cc2)cc1. The van der Waals surface area contributed by atoms with E-state index >= 15 is 0 Å². The maximum atomic E-state index is 5.87. The minimum atomic E-state index is 0.604. The van der Waals surface area contributed by atoms with Gasteiger partial charge in [-0.2, -0.15) is 0 Å². The van der Waals surface area contributed by atoms with Gasteiger partial charge in [0.2, 0.25) is 0 Å². The zero-order valence-corrected chi connectivity index (χ0v) is 26.5. The van der Waals surface area contributed by atoms with Crippen molar-refractivity contribution in [2.45, 2.75) is 77.0 Å². The van der Waals surface area contributed by atoms with Crippen molar-refractivity contribution in [3.63, 3.8) is 0 Å². The number of unbranched alkanes of at least 4 members (excludes halogenated alkanes) is 10. The monoisotopic (exact) mass is 606 g/mol. The zero-order valence-electron chi connectivity index (χ0n) is 24.9. The average molecular weight is 607 g/mol. The number of aliphatic imine (C=N–C) groups is 1. The molecule has 0 aliphatic carbocycles. The molecule has 8 heteroatoms. The standard InChI is InChI=1S/C34H46N4O2S2/c1-35-30-17-21-32(22-18-30)39-26-12-6-2-4-8-14-28-41-42-29-15-9-5-3-7-13-27-40-33-23-19-31(20-24-33)37-38-34-16-10-11-25-36-34/h10-11,16-25H,1-9,12-15,26-29H2/b38-37+. The molecule has 0 aliphatic rings. The predicted octanol–water partition coefficient (Wildman–Crippen LogP) is 11.3. The summed E-state index contributed by atoms with van der Waals surface area (Å²) >= 11 is 0. The van der Waals surface area contributed by atoms with Crippen LogP contribution in [-0.2, 0) is 0 Å². The van der Waals surface area contributed by atoms with Gasteiger partial charge in [-0.15, -0.1) is 10.2 Å². The van der Waals surface area contributed by atoms with Gasteiger partial charge in [0.15, 0.2) is 5.82 Å². The van der Waals surface area contributed by atoms with Gasteiger partial charge in [0, 0.05) is 17.7 Å². The van der Waals surface area contributed by atoms with Gasteiger partial charge in [-0.05, 0) is 93.1 Å². The third-order valence-corrected chi connectivity index (χ3v) is 9.22. The number of ether oxygens (including phenoxy) is 2. The number of rotatable bonds is 24. The highest BCUT2D eigenvalue weighted by Crippen LogP contribution is 2.25. The van der Waals surface area contributed by atoms with Gasteiger partial charge in [-0.25, -0.2) is 4.98 Å². The van der Waals surface area contributed by atoms with E-state index < -0.39 is 0 Å². The lowest BCUT2D eigenvalue weighted by Gasteiger charge is -2.06. The third kappa shape index (κ3) is 16.0. The van der Waals surface area contributed by atoms with Crippen LogP contribution < -0.4 is 9.47 Å². The first-order valence-electron chi connectivity index (χ1n) is 15.3. The summed E-state index contributed by atoms with van der Waals surface area (Å²) in [5.74, 6) is 4.96. The van der Waals surface area contributed by atoms with Crippen molar-refractivity contribution in [1.29, 1.82) is 0 Å². The van der Waals surface area contributed by atoms with Gasteiger partial charge in [-0.3, -0.25) is 4.99 Å². The van der Waals surface area contributed by atoms with Gasteiger partial charge in [0.1, 0.15) is 11.5 Å². The molecule has 3 rings (SSSR count). The van der Waals surface area contributed by atoms with E-state index in [2.05, 4.69) is 48.5 Å². The van der Waals surface area contributed by atoms with Crippen molar-refractivity contribution in [2.24, 2.45) is 15.2 Å². The Morgan fingerprint density at radius 1 is 0.548 bits per heavy atom. The molecule has 1 heterocycles. The molecule has 0 unspecified atom stereocenters. The first-order chi connectivity index (χ1) is 20.8. The van der Waals surface area contributed by atoms with Crippen LogP contribution in [0.15, 0.2) is 88.1 Å². The minimum absolute atomic E-state index is 0.604. The summed E-state index contributed by atoms with van der Waals surface area (Å²) in [5.41, 5.74) is 1.67. The summed E-state index contributed by atoms with van der Waals surface area (Å²) in [7, 11) is 4.11. The molecule has 0 saturated carbocycles. The molecule has 0 amide bonds. The number of hydrogen-bond donors (Lipinski definition) is 0. The number of azo groups is 1. The summed E-state index contributed by atoms with van der Waals surface area (Å²) in [4.78, 5) is 8.04. The van der Waals surface area contributed by atoms with Crippen LogP contribution in [0.4, 0.5) is 17.2 Å². The van der Waals surface area contributed by atoms with E-state index in [1.165, 1.54) is 75.7 Å². The smallest absolute Gasteiger partial charge is 0.174 e. The van der Waals surface area contributed by atoms with E-state index in [-0.39, 0.29) is 0 Å². The fraction of sp³-hybridized carbons (Fsp3) is 0.471. The molecule has 0 radical (unpaired) electrons. The Hall–Kier alpha value is -2.84. The highest BCUT2D eigenvalue weighted by molar-refractivity contribution is 8.76. The van der Waals surface area contributed by atoms with E-state index in [1.54, 1.807) is 6.20 Å². The van der Waals surface area contributed by atoms with Gasteiger partial charge in [0.05, 0.1) is 24.6 Å². The summed E-state index contributed by atoms with van der Waals surface area (Å²) in [6.07, 6.45) is 17.0. The molecule has 0 N–H and O–H groups in total. The van der Waals surface area contributed by atoms with Crippen molar-refractivity contribution < 1.29 is 9.47 Å². The number of pyridine rings is 1. The van der Waals surface area contributed by atoms with Crippen molar-refractivity contribution in [1.82, 2.24) is 4.98 Å². The second-order valence-corrected chi connectivity index (χ2v) is 12.8. The van der Waals surface area contributed by atoms with Crippen LogP contribution in [0, 0.1) is 0 Å². The molecule has 0 bridgehead atoms. The van der Waals surface area contributed by atoms with Crippen LogP contribution in [0.5, 0.6) is 11.5 Å². The predicted molar refractivity (Wildman–Crippen MR) is 182 cm³/mol. The Balaban J connectivity index is 1.02. The van der Waals surface area contributed by atoms with Crippen LogP contribution in [0.1, 0.15) is 77.0 Å². The number of aromatic nitrogens is 1. The fourth-order valence-electron chi connectivity index (χ4n) is 4.22. The maximum absolute atomic E-state index is 5.87. The Kier molecular flexibility index (Phi) is 18.2. The summed E-state index contributed by atoms with van der Waals surface area (Å²) in [5, 5.41) is 8.35. The van der Waals surface area contributed by atoms with Crippen LogP contribution in [-0.4, -0.2) is 36.4 Å². The first kappa shape index (κ1) is 33.7. The molecule has 3 aromatic rings. The number of nitrogens with zero attached hydrogens (tertiary/aromatic N) is 4. The Morgan fingerprint density at radius 3 is 1.55 bits per heavy atom. The normalized spacial score (nSPS) is 11.1. The highest BCUT2D eigenvalue weighted by atomic mass is 33.1. The molecule has 0 atom stereocenters. The van der Waals surface area contributed by atoms with Crippen LogP contribution in [0.3, 0.4) is 0 Å². The molecule has 0 saturated heterocycles. The minimum Gasteiger partial charge on any atom is -0.494 e. The van der Waals surface area contributed by atoms with Crippen LogP contribution >= 0.6 is 21.6 Å². The summed E-state index contributed by atoms with van der Waals surface area (Å²) in [6, 6.07) is 21.1. The van der Waals surface area contributed by atoms with Crippen molar-refractivity contribution in [3.05, 3.63) is 72.9 Å². The van der Waals surface area contributed by atoms with E-state index in [1.807, 2.05) is 66.7 Å². The second kappa shape index (κ2) is 22.7. The van der Waals surface area contributed by atoms with Gasteiger partial charge < -0.3 is 9.47 Å². The van der Waals surface area contributed by atoms with Gasteiger partial charge in [0.25, 0.3) is 0 Å². The van der Waals surface area contributed by atoms with Crippen molar-refractivity contribution in [2.75, 3.05) is 24.7 Å². The third-order valence-electron chi connectivity index (χ3n) is 6.64. The average Bonchev–Trinajstić information content (AvgIpc) is 3.04. The van der Waals surface area contributed by atoms with Gasteiger partial charge in [-0.1, -0.05) is 79.0 Å². The second-order valence-electron chi connectivity index (χ2n) is 10.1. The van der Waals surface area contributed by atoms with E-state index in [4.69, 9.17) is 9.47 Å². The largest absolute Gasteiger partial charge is 0.494 e. The Bertz CT molecular complexity index is 1110. The molecule has 1 aromatic heterocycles. The molecule has 0 aliphatic heterocycles. The fourth-order valence-corrected chi connectivity index (χ4v) is 6.51. The lowest BCUT2D eigenvalue weighted by molar-refractivity contribution is 0.304. The molecule has 226 valence electrons.